The number of pyridine rings is 1. The molecule has 7 nitrogen and oxygen atoms in total. The number of nitrogens with one attached hydrogen (secondary N) is 1. The molecule has 0 saturated carbocycles. The first kappa shape index (κ1) is 18.3. The third kappa shape index (κ3) is 4.61. The Morgan fingerprint density at radius 1 is 1.00 bits per heavy atom. The first-order chi connectivity index (χ1) is 13.8. The molecule has 2 aromatic heterocycles. The number of aromatic nitrogens is 4. The largest absolute Gasteiger partial charge is 0.349 e. The summed E-state index contributed by atoms with van der Waals surface area (Å²) in [5, 5.41) is 11.6. The lowest BCUT2D eigenvalue weighted by Crippen LogP contribution is -2.28. The molecule has 1 aliphatic rings. The minimum atomic E-state index is -0.00560. The molecule has 1 amide bonds. The maximum absolute atomic E-state index is 12.2. The number of carbonyl (C=O) groups is 1. The Hall–Kier alpha value is -3.06. The van der Waals surface area contributed by atoms with E-state index in [4.69, 9.17) is 0 Å². The molecule has 28 heavy (non-hydrogen) atoms. The van der Waals surface area contributed by atoms with Crippen LogP contribution in [0.4, 0.5) is 0 Å². The van der Waals surface area contributed by atoms with Crippen LogP contribution in [0.3, 0.4) is 0 Å². The fraction of sp³-hybridized carbons (Fsp3) is 0.333. The van der Waals surface area contributed by atoms with Crippen LogP contribution in [0.5, 0.6) is 0 Å². The maximum Gasteiger partial charge on any atom is 0.224 e. The van der Waals surface area contributed by atoms with Gasteiger partial charge in [-0.15, -0.1) is 10.2 Å². The highest BCUT2D eigenvalue weighted by molar-refractivity contribution is 5.78. The summed E-state index contributed by atoms with van der Waals surface area (Å²) in [5.41, 5.74) is 2.08. The van der Waals surface area contributed by atoms with Crippen molar-refractivity contribution in [1.29, 1.82) is 0 Å². The van der Waals surface area contributed by atoms with E-state index in [2.05, 4.69) is 36.0 Å². The molecule has 3 heterocycles. The van der Waals surface area contributed by atoms with Gasteiger partial charge in [-0.05, 0) is 17.7 Å². The van der Waals surface area contributed by atoms with Crippen LogP contribution in [-0.4, -0.2) is 43.6 Å². The van der Waals surface area contributed by atoms with Crippen molar-refractivity contribution in [1.82, 2.24) is 30.0 Å². The number of nitrogens with zero attached hydrogens (tertiary/aromatic N) is 5. The van der Waals surface area contributed by atoms with Gasteiger partial charge in [-0.1, -0.05) is 36.4 Å². The second-order valence-electron chi connectivity index (χ2n) is 6.97. The number of rotatable bonds is 6. The molecular formula is C21H24N6O. The third-order valence-corrected chi connectivity index (χ3v) is 4.96. The quantitative estimate of drug-likeness (QED) is 0.707. The Balaban J connectivity index is 1.32. The minimum Gasteiger partial charge on any atom is -0.349 e. The lowest BCUT2D eigenvalue weighted by molar-refractivity contribution is -0.120. The highest BCUT2D eigenvalue weighted by atomic mass is 16.1. The summed E-state index contributed by atoms with van der Waals surface area (Å²) < 4.78 is 2.14. The molecule has 0 unspecified atom stereocenters. The molecule has 144 valence electrons. The van der Waals surface area contributed by atoms with Crippen LogP contribution in [0.2, 0.25) is 0 Å². The summed E-state index contributed by atoms with van der Waals surface area (Å²) in [6.07, 6.45) is 3.05. The van der Waals surface area contributed by atoms with E-state index in [0.717, 1.165) is 55.5 Å². The van der Waals surface area contributed by atoms with Gasteiger partial charge in [0.15, 0.2) is 5.82 Å². The van der Waals surface area contributed by atoms with Crippen LogP contribution in [0.25, 0.3) is 0 Å². The summed E-state index contributed by atoms with van der Waals surface area (Å²) in [7, 11) is 0. The van der Waals surface area contributed by atoms with Gasteiger partial charge in [0.05, 0.1) is 18.7 Å². The predicted molar refractivity (Wildman–Crippen MR) is 105 cm³/mol. The Bertz CT molecular complexity index is 909. The fourth-order valence-electron chi connectivity index (χ4n) is 3.46. The van der Waals surface area contributed by atoms with E-state index in [1.165, 1.54) is 0 Å². The first-order valence-corrected chi connectivity index (χ1v) is 9.62. The van der Waals surface area contributed by atoms with Crippen LogP contribution in [-0.2, 0) is 37.3 Å². The molecule has 3 aromatic rings. The predicted octanol–water partition coefficient (Wildman–Crippen LogP) is 1.59. The second kappa shape index (κ2) is 8.75. The van der Waals surface area contributed by atoms with Crippen LogP contribution in [0, 0.1) is 0 Å². The summed E-state index contributed by atoms with van der Waals surface area (Å²) in [5.74, 6) is 1.79. The highest BCUT2D eigenvalue weighted by Crippen LogP contribution is 2.12. The van der Waals surface area contributed by atoms with Crippen LogP contribution in [0.15, 0.2) is 54.7 Å². The average Bonchev–Trinajstić information content (AvgIpc) is 3.01. The monoisotopic (exact) mass is 376 g/mol. The zero-order chi connectivity index (χ0) is 19.2. The molecule has 0 saturated heterocycles. The third-order valence-electron chi connectivity index (χ3n) is 4.96. The molecule has 4 rings (SSSR count). The topological polar surface area (TPSA) is 75.9 Å². The zero-order valence-electron chi connectivity index (χ0n) is 15.8. The lowest BCUT2D eigenvalue weighted by atomic mass is 10.1. The molecule has 0 aliphatic carbocycles. The van der Waals surface area contributed by atoms with Gasteiger partial charge in [0.2, 0.25) is 5.91 Å². The van der Waals surface area contributed by atoms with Crippen molar-refractivity contribution >= 4 is 5.91 Å². The fourth-order valence-corrected chi connectivity index (χ4v) is 3.46. The number of hydrogen-bond donors (Lipinski definition) is 1. The molecule has 1 aliphatic heterocycles. The smallest absolute Gasteiger partial charge is 0.224 e. The zero-order valence-corrected chi connectivity index (χ0v) is 15.8. The van der Waals surface area contributed by atoms with Gasteiger partial charge in [-0.3, -0.25) is 14.7 Å². The number of fused-ring (bicyclic) bond motifs is 1. The molecule has 7 heteroatoms. The van der Waals surface area contributed by atoms with Crippen molar-refractivity contribution in [3.8, 4) is 0 Å². The van der Waals surface area contributed by atoms with E-state index in [9.17, 15) is 4.79 Å². The Kier molecular flexibility index (Phi) is 5.72. The van der Waals surface area contributed by atoms with Gasteiger partial charge in [-0.2, -0.15) is 0 Å². The van der Waals surface area contributed by atoms with Crippen molar-refractivity contribution in [3.05, 3.63) is 77.6 Å². The van der Waals surface area contributed by atoms with Crippen molar-refractivity contribution < 1.29 is 4.79 Å². The van der Waals surface area contributed by atoms with E-state index < -0.39 is 0 Å². The van der Waals surface area contributed by atoms with Gasteiger partial charge in [0.25, 0.3) is 0 Å². The molecule has 0 atom stereocenters. The normalized spacial score (nSPS) is 14.3. The molecule has 0 fully saturated rings. The van der Waals surface area contributed by atoms with Crippen LogP contribution >= 0.6 is 0 Å². The van der Waals surface area contributed by atoms with Gasteiger partial charge < -0.3 is 9.88 Å². The Labute approximate surface area is 164 Å². The summed E-state index contributed by atoms with van der Waals surface area (Å²) in [4.78, 5) is 19.0. The standard InChI is InChI=1S/C21H24N6O/c28-21(14-17-6-2-1-3-7-17)23-15-20-25-24-19-9-11-26(12-13-27(19)20)16-18-8-4-5-10-22-18/h1-8,10H,9,11-16H2,(H,23,28). The number of amides is 1. The molecule has 0 spiro atoms. The Morgan fingerprint density at radius 2 is 1.86 bits per heavy atom. The summed E-state index contributed by atoms with van der Waals surface area (Å²) >= 11 is 0. The number of hydrogen-bond acceptors (Lipinski definition) is 5. The van der Waals surface area contributed by atoms with E-state index >= 15 is 0 Å². The second-order valence-corrected chi connectivity index (χ2v) is 6.97. The van der Waals surface area contributed by atoms with Crippen molar-refractivity contribution in [2.45, 2.75) is 32.5 Å². The number of benzene rings is 1. The van der Waals surface area contributed by atoms with Gasteiger partial charge >= 0.3 is 0 Å². The molecule has 1 aromatic carbocycles. The minimum absolute atomic E-state index is 0.00560. The van der Waals surface area contributed by atoms with Gasteiger partial charge in [0.1, 0.15) is 5.82 Å². The van der Waals surface area contributed by atoms with Crippen LogP contribution < -0.4 is 5.32 Å². The molecule has 0 radical (unpaired) electrons. The highest BCUT2D eigenvalue weighted by Gasteiger charge is 2.19. The van der Waals surface area contributed by atoms with Gasteiger partial charge in [-0.25, -0.2) is 0 Å². The van der Waals surface area contributed by atoms with E-state index in [1.54, 1.807) is 0 Å². The summed E-state index contributed by atoms with van der Waals surface area (Å²) in [6.45, 7) is 3.89. The lowest BCUT2D eigenvalue weighted by Gasteiger charge is -2.19. The average molecular weight is 376 g/mol. The molecular weight excluding hydrogens is 352 g/mol. The Morgan fingerprint density at radius 3 is 2.68 bits per heavy atom. The van der Waals surface area contributed by atoms with E-state index in [0.29, 0.717) is 13.0 Å². The first-order valence-electron chi connectivity index (χ1n) is 9.62. The molecule has 0 bridgehead atoms. The van der Waals surface area contributed by atoms with Crippen molar-refractivity contribution in [2.75, 3.05) is 13.1 Å². The number of carbonyl (C=O) groups excluding carboxylic acids is 1. The van der Waals surface area contributed by atoms with Crippen molar-refractivity contribution in [3.63, 3.8) is 0 Å². The molecule has 1 N–H and O–H groups in total. The van der Waals surface area contributed by atoms with E-state index in [1.807, 2.05) is 48.7 Å². The summed E-state index contributed by atoms with van der Waals surface area (Å²) in [6, 6.07) is 15.8. The SMILES string of the molecule is O=C(Cc1ccccc1)NCc1nnc2n1CCN(Cc1ccccn1)CC2. The van der Waals surface area contributed by atoms with Gasteiger partial charge in [0, 0.05) is 38.8 Å². The van der Waals surface area contributed by atoms with Crippen LogP contribution in [0.1, 0.15) is 22.9 Å². The van der Waals surface area contributed by atoms with E-state index in [-0.39, 0.29) is 5.91 Å². The maximum atomic E-state index is 12.2. The van der Waals surface area contributed by atoms with Crippen molar-refractivity contribution in [2.24, 2.45) is 0 Å².